The number of nitrogens with zero attached hydrogens (tertiary/aromatic N) is 1. The maximum Gasteiger partial charge on any atom is 0.132 e. The number of rotatable bonds is 7. The lowest BCUT2D eigenvalue weighted by molar-refractivity contribution is 0.434. The van der Waals surface area contributed by atoms with Gasteiger partial charge in [0.2, 0.25) is 0 Å². The Morgan fingerprint density at radius 3 is 1.36 bits per heavy atom. The van der Waals surface area contributed by atoms with E-state index in [-0.39, 0.29) is 0 Å². The SMILES string of the molecule is c1ccc(-c2cc(-c3ccccc3)nc(-c3cccc(-c4cccc(-c5ccc6c(c5)C(c5ccccc5)(c5ccccc5)c5ccccc5O6)c4)c3)c2)cc1. The van der Waals surface area contributed by atoms with Crippen LogP contribution in [0.1, 0.15) is 22.3 Å². The standard InChI is InChI=1S/C54H37NO/c1-5-17-38(18-6-1)45-36-50(39-19-7-2-8-20-39)55-51(37-45)44-24-16-23-42(34-44)40-21-15-22-41(33-40)43-31-32-53-49(35-43)54(46-25-9-3-10-26-46,47-27-11-4-12-28-47)48-29-13-14-30-52(48)56-53/h1-37H. The van der Waals surface area contributed by atoms with Gasteiger partial charge in [-0.1, -0.05) is 182 Å². The molecule has 1 aromatic heterocycles. The van der Waals surface area contributed by atoms with Crippen LogP contribution in [0, 0.1) is 0 Å². The van der Waals surface area contributed by atoms with Gasteiger partial charge in [-0.3, -0.25) is 0 Å². The van der Waals surface area contributed by atoms with Gasteiger partial charge in [-0.2, -0.15) is 0 Å². The van der Waals surface area contributed by atoms with Crippen LogP contribution < -0.4 is 4.74 Å². The average molecular weight is 716 g/mol. The molecule has 0 spiro atoms. The highest BCUT2D eigenvalue weighted by molar-refractivity contribution is 5.81. The van der Waals surface area contributed by atoms with Gasteiger partial charge in [-0.05, 0) is 87.0 Å². The number of fused-ring (bicyclic) bond motifs is 2. The first-order chi connectivity index (χ1) is 27.7. The molecule has 0 saturated heterocycles. The van der Waals surface area contributed by atoms with Crippen LogP contribution >= 0.6 is 0 Å². The summed E-state index contributed by atoms with van der Waals surface area (Å²) in [4.78, 5) is 5.21. The summed E-state index contributed by atoms with van der Waals surface area (Å²) in [5.74, 6) is 1.74. The highest BCUT2D eigenvalue weighted by Gasteiger charge is 2.45. The molecule has 0 atom stereocenters. The van der Waals surface area contributed by atoms with Gasteiger partial charge >= 0.3 is 0 Å². The first kappa shape index (κ1) is 33.3. The maximum atomic E-state index is 6.68. The van der Waals surface area contributed by atoms with Gasteiger partial charge < -0.3 is 4.74 Å². The van der Waals surface area contributed by atoms with E-state index in [0.29, 0.717) is 0 Å². The lowest BCUT2D eigenvalue weighted by atomic mass is 9.63. The van der Waals surface area contributed by atoms with Gasteiger partial charge in [0.1, 0.15) is 11.5 Å². The van der Waals surface area contributed by atoms with E-state index in [1.165, 1.54) is 16.7 Å². The van der Waals surface area contributed by atoms with Crippen molar-refractivity contribution in [2.75, 3.05) is 0 Å². The normalized spacial score (nSPS) is 12.6. The Balaban J connectivity index is 1.08. The summed E-state index contributed by atoms with van der Waals surface area (Å²) >= 11 is 0. The van der Waals surface area contributed by atoms with E-state index in [2.05, 4.69) is 218 Å². The molecule has 2 heteroatoms. The van der Waals surface area contributed by atoms with Crippen molar-refractivity contribution in [1.82, 2.24) is 4.98 Å². The predicted molar refractivity (Wildman–Crippen MR) is 230 cm³/mol. The van der Waals surface area contributed by atoms with Gasteiger partial charge in [0.15, 0.2) is 0 Å². The maximum absolute atomic E-state index is 6.68. The lowest BCUT2D eigenvalue weighted by Crippen LogP contribution is -2.34. The van der Waals surface area contributed by atoms with Crippen LogP contribution in [0.5, 0.6) is 11.5 Å². The molecule has 264 valence electrons. The van der Waals surface area contributed by atoms with Crippen molar-refractivity contribution in [2.24, 2.45) is 0 Å². The number of aromatic nitrogens is 1. The molecular weight excluding hydrogens is 679 g/mol. The van der Waals surface area contributed by atoms with Crippen molar-refractivity contribution >= 4 is 0 Å². The Morgan fingerprint density at radius 2 is 0.732 bits per heavy atom. The Morgan fingerprint density at radius 1 is 0.286 bits per heavy atom. The third kappa shape index (κ3) is 5.89. The number of para-hydroxylation sites is 1. The summed E-state index contributed by atoms with van der Waals surface area (Å²) in [5.41, 5.74) is 15.0. The molecular formula is C54H37NO. The van der Waals surface area contributed by atoms with E-state index >= 15 is 0 Å². The first-order valence-electron chi connectivity index (χ1n) is 19.1. The fraction of sp³-hybridized carbons (Fsp3) is 0.0185. The summed E-state index contributed by atoms with van der Waals surface area (Å²) in [6.07, 6.45) is 0. The molecule has 8 aromatic carbocycles. The zero-order valence-corrected chi connectivity index (χ0v) is 30.7. The van der Waals surface area contributed by atoms with Crippen LogP contribution in [-0.2, 0) is 5.41 Å². The number of hydrogen-bond acceptors (Lipinski definition) is 2. The van der Waals surface area contributed by atoms with Crippen LogP contribution in [0.15, 0.2) is 224 Å². The van der Waals surface area contributed by atoms with Gasteiger partial charge in [0.05, 0.1) is 16.8 Å². The molecule has 1 aliphatic heterocycles. The van der Waals surface area contributed by atoms with E-state index in [0.717, 1.165) is 73.0 Å². The number of ether oxygens (including phenoxy) is 1. The summed E-state index contributed by atoms with van der Waals surface area (Å²) < 4.78 is 6.68. The molecule has 0 saturated carbocycles. The lowest BCUT2D eigenvalue weighted by Gasteiger charge is -2.41. The minimum absolute atomic E-state index is 0.575. The van der Waals surface area contributed by atoms with Crippen LogP contribution in [0.3, 0.4) is 0 Å². The van der Waals surface area contributed by atoms with Crippen molar-refractivity contribution in [3.8, 4) is 67.4 Å². The number of pyridine rings is 1. The van der Waals surface area contributed by atoms with Crippen molar-refractivity contribution in [1.29, 1.82) is 0 Å². The minimum atomic E-state index is -0.575. The molecule has 0 bridgehead atoms. The molecule has 56 heavy (non-hydrogen) atoms. The molecule has 2 nitrogen and oxygen atoms in total. The van der Waals surface area contributed by atoms with Crippen molar-refractivity contribution < 1.29 is 4.74 Å². The van der Waals surface area contributed by atoms with Gasteiger partial charge in [-0.25, -0.2) is 4.98 Å². The molecule has 9 aromatic rings. The monoisotopic (exact) mass is 715 g/mol. The van der Waals surface area contributed by atoms with Crippen LogP contribution in [0.4, 0.5) is 0 Å². The number of benzene rings is 8. The quantitative estimate of drug-likeness (QED) is 0.164. The largest absolute Gasteiger partial charge is 0.457 e. The van der Waals surface area contributed by atoms with E-state index in [9.17, 15) is 0 Å². The Bertz CT molecular complexity index is 2720. The van der Waals surface area contributed by atoms with Gasteiger partial charge in [0.25, 0.3) is 0 Å². The molecule has 0 aliphatic carbocycles. The zero-order chi connectivity index (χ0) is 37.3. The van der Waals surface area contributed by atoms with Gasteiger partial charge in [0, 0.05) is 22.3 Å². The average Bonchev–Trinajstić information content (AvgIpc) is 3.29. The zero-order valence-electron chi connectivity index (χ0n) is 30.7. The Labute approximate surface area is 328 Å². The third-order valence-electron chi connectivity index (χ3n) is 11.0. The molecule has 0 fully saturated rings. The summed E-state index contributed by atoms with van der Waals surface area (Å²) in [6, 6.07) is 79.8. The molecule has 10 rings (SSSR count). The molecule has 0 N–H and O–H groups in total. The summed E-state index contributed by atoms with van der Waals surface area (Å²) in [5, 5.41) is 0. The molecule has 2 heterocycles. The smallest absolute Gasteiger partial charge is 0.132 e. The highest BCUT2D eigenvalue weighted by atomic mass is 16.5. The van der Waals surface area contributed by atoms with E-state index in [4.69, 9.17) is 9.72 Å². The second-order valence-corrected chi connectivity index (χ2v) is 14.3. The van der Waals surface area contributed by atoms with E-state index in [1.807, 2.05) is 6.07 Å². The van der Waals surface area contributed by atoms with Crippen LogP contribution in [0.25, 0.3) is 55.9 Å². The number of hydrogen-bond donors (Lipinski definition) is 0. The van der Waals surface area contributed by atoms with Crippen molar-refractivity contribution in [3.63, 3.8) is 0 Å². The molecule has 1 aliphatic rings. The van der Waals surface area contributed by atoms with Crippen molar-refractivity contribution in [3.05, 3.63) is 247 Å². The Kier molecular flexibility index (Phi) is 8.42. The summed E-state index contributed by atoms with van der Waals surface area (Å²) in [6.45, 7) is 0. The van der Waals surface area contributed by atoms with Crippen LogP contribution in [-0.4, -0.2) is 4.98 Å². The molecule has 0 radical (unpaired) electrons. The third-order valence-corrected chi connectivity index (χ3v) is 11.0. The van der Waals surface area contributed by atoms with E-state index in [1.54, 1.807) is 0 Å². The summed E-state index contributed by atoms with van der Waals surface area (Å²) in [7, 11) is 0. The fourth-order valence-electron chi connectivity index (χ4n) is 8.35. The topological polar surface area (TPSA) is 22.1 Å². The second-order valence-electron chi connectivity index (χ2n) is 14.3. The first-order valence-corrected chi connectivity index (χ1v) is 19.1. The second kappa shape index (κ2) is 14.2. The van der Waals surface area contributed by atoms with E-state index < -0.39 is 5.41 Å². The fourth-order valence-corrected chi connectivity index (χ4v) is 8.35. The molecule has 0 amide bonds. The highest BCUT2D eigenvalue weighted by Crippen LogP contribution is 2.55. The Hall–Kier alpha value is -7.29. The van der Waals surface area contributed by atoms with Crippen LogP contribution in [0.2, 0.25) is 0 Å². The van der Waals surface area contributed by atoms with Crippen molar-refractivity contribution in [2.45, 2.75) is 5.41 Å². The minimum Gasteiger partial charge on any atom is -0.457 e. The molecule has 0 unspecified atom stereocenters. The predicted octanol–water partition coefficient (Wildman–Crippen LogP) is 13.9. The van der Waals surface area contributed by atoms with Gasteiger partial charge in [-0.15, -0.1) is 0 Å².